The van der Waals surface area contributed by atoms with Crippen LogP contribution in [0.1, 0.15) is 0 Å². The van der Waals surface area contributed by atoms with E-state index in [9.17, 15) is 0 Å². The second kappa shape index (κ2) is 6.19. The third kappa shape index (κ3) is 3.56. The van der Waals surface area contributed by atoms with Gasteiger partial charge in [0.15, 0.2) is 0 Å². The van der Waals surface area contributed by atoms with Crippen LogP contribution in [-0.2, 0) is 18.0 Å². The molecule has 0 radical (unpaired) electrons. The van der Waals surface area contributed by atoms with Gasteiger partial charge < -0.3 is 18.0 Å². The van der Waals surface area contributed by atoms with Crippen LogP contribution < -0.4 is 0 Å². The Morgan fingerprint density at radius 3 is 2.24 bits per heavy atom. The van der Waals surface area contributed by atoms with E-state index in [1.165, 1.54) is 6.26 Å². The molecule has 0 spiro atoms. The summed E-state index contributed by atoms with van der Waals surface area (Å²) in [6, 6.07) is 0. The minimum absolute atomic E-state index is 0.620. The first kappa shape index (κ1) is 12.6. The van der Waals surface area contributed by atoms with Gasteiger partial charge in [0.2, 0.25) is 0 Å². The number of hydrogen-bond acceptors (Lipinski definition) is 5. The van der Waals surface area contributed by atoms with E-state index >= 15 is 0 Å². The van der Waals surface area contributed by atoms with Crippen molar-refractivity contribution in [3.8, 4) is 11.5 Å². The van der Waals surface area contributed by atoms with Crippen LogP contribution >= 0.6 is 0 Å². The van der Waals surface area contributed by atoms with Gasteiger partial charge in [0.05, 0.1) is 33.2 Å². The molecular weight excluding hydrogens is 238 g/mol. The maximum Gasteiger partial charge on any atom is 0.592 e. The molecule has 0 unspecified atom stereocenters. The van der Waals surface area contributed by atoms with Gasteiger partial charge in [-0.15, -0.1) is 0 Å². The van der Waals surface area contributed by atoms with E-state index in [0.29, 0.717) is 19.8 Å². The smallest absolute Gasteiger partial charge is 0.504 e. The molecule has 17 heavy (non-hydrogen) atoms. The number of methoxy groups -OCH3 is 1. The Bertz CT molecular complexity index is 310. The summed E-state index contributed by atoms with van der Waals surface area (Å²) in [7, 11) is -1.19. The Kier molecular flexibility index (Phi) is 4.59. The first-order valence-electron chi connectivity index (χ1n) is 5.69. The van der Waals surface area contributed by atoms with Crippen molar-refractivity contribution in [1.29, 1.82) is 0 Å². The van der Waals surface area contributed by atoms with Crippen molar-refractivity contribution < 1.29 is 18.0 Å². The topological polar surface area (TPSA) is 40.2 Å². The van der Waals surface area contributed by atoms with Gasteiger partial charge in [-0.25, -0.2) is 0 Å². The molecule has 0 amide bonds. The van der Waals surface area contributed by atoms with E-state index in [4.69, 9.17) is 18.0 Å². The Hall–Kier alpha value is -0.843. The average Bonchev–Trinajstić information content (AvgIpc) is 2.25. The lowest BCUT2D eigenvalue weighted by molar-refractivity contribution is 0.00215. The molecule has 0 aromatic carbocycles. The normalized spacial score (nSPS) is 33.4. The highest BCUT2D eigenvalue weighted by atomic mass is 28.4. The van der Waals surface area contributed by atoms with Gasteiger partial charge in [0.25, 0.3) is 0 Å². The molecule has 3 rings (SSSR count). The lowest BCUT2D eigenvalue weighted by atomic mass is 10.4. The highest BCUT2D eigenvalue weighted by Crippen LogP contribution is 2.14. The molecule has 0 aromatic rings. The van der Waals surface area contributed by atoms with E-state index in [1.54, 1.807) is 13.2 Å². The van der Waals surface area contributed by atoms with E-state index in [-0.39, 0.29) is 0 Å². The summed E-state index contributed by atoms with van der Waals surface area (Å²) in [5.41, 5.74) is 3.00. The van der Waals surface area contributed by atoms with Crippen LogP contribution in [0.4, 0.5) is 0 Å². The summed E-state index contributed by atoms with van der Waals surface area (Å²) >= 11 is 0. The van der Waals surface area contributed by atoms with Crippen LogP contribution in [0, 0.1) is 11.5 Å². The lowest BCUT2D eigenvalue weighted by Gasteiger charge is -2.35. The van der Waals surface area contributed by atoms with Crippen molar-refractivity contribution in [3.05, 3.63) is 12.3 Å². The van der Waals surface area contributed by atoms with Crippen molar-refractivity contribution in [1.82, 2.24) is 4.90 Å². The summed E-state index contributed by atoms with van der Waals surface area (Å²) in [5, 5.41) is 0. The molecule has 3 fully saturated rings. The lowest BCUT2D eigenvalue weighted by Crippen LogP contribution is -2.54. The van der Waals surface area contributed by atoms with Crippen LogP contribution in [0.15, 0.2) is 12.3 Å². The van der Waals surface area contributed by atoms with Gasteiger partial charge in [0.1, 0.15) is 0 Å². The van der Waals surface area contributed by atoms with E-state index in [1.807, 2.05) is 0 Å². The summed E-state index contributed by atoms with van der Waals surface area (Å²) < 4.78 is 22.0. The molecule has 0 saturated carbocycles. The quantitative estimate of drug-likeness (QED) is 0.375. The standard InChI is InChI=1S/C11H17NO4Si/c1-13-7-2-3-11-17-14-8-4-12(5-9-15-17)6-10-16-17/h2,7H,4-6,8-10H2,1H3. The van der Waals surface area contributed by atoms with Gasteiger partial charge in [0, 0.05) is 25.7 Å². The fourth-order valence-corrected chi connectivity index (χ4v) is 3.53. The molecule has 3 aliphatic rings. The molecule has 0 atom stereocenters. The van der Waals surface area contributed by atoms with Crippen molar-refractivity contribution in [2.24, 2.45) is 0 Å². The monoisotopic (exact) mass is 255 g/mol. The van der Waals surface area contributed by atoms with Crippen LogP contribution in [-0.4, -0.2) is 60.3 Å². The average molecular weight is 255 g/mol. The second-order valence-corrected chi connectivity index (χ2v) is 5.98. The predicted molar refractivity (Wildman–Crippen MR) is 64.0 cm³/mol. The minimum atomic E-state index is -2.77. The molecule has 94 valence electrons. The van der Waals surface area contributed by atoms with Gasteiger partial charge in [-0.05, 0) is 5.54 Å². The largest absolute Gasteiger partial charge is 0.592 e. The zero-order chi connectivity index (χ0) is 12.0. The molecule has 0 aliphatic carbocycles. The van der Waals surface area contributed by atoms with Crippen LogP contribution in [0.2, 0.25) is 0 Å². The Morgan fingerprint density at radius 2 is 1.71 bits per heavy atom. The van der Waals surface area contributed by atoms with Crippen molar-refractivity contribution >= 4 is 8.80 Å². The van der Waals surface area contributed by atoms with Crippen molar-refractivity contribution in [2.45, 2.75) is 0 Å². The predicted octanol–water partition coefficient (Wildman–Crippen LogP) is 0.00700. The Balaban J connectivity index is 2.07. The number of fused-ring (bicyclic) bond motifs is 6. The molecule has 3 saturated heterocycles. The fourth-order valence-electron chi connectivity index (χ4n) is 1.73. The Labute approximate surface area is 103 Å². The molecule has 3 aliphatic heterocycles. The van der Waals surface area contributed by atoms with Crippen molar-refractivity contribution in [3.63, 3.8) is 0 Å². The molecule has 6 heteroatoms. The van der Waals surface area contributed by atoms with E-state index < -0.39 is 8.80 Å². The van der Waals surface area contributed by atoms with Crippen LogP contribution in [0.3, 0.4) is 0 Å². The SMILES string of the molecule is COC=CC#C[Si]12OCCN(CCO1)CCO2. The molecule has 0 aromatic heterocycles. The number of ether oxygens (including phenoxy) is 1. The first-order valence-corrected chi connectivity index (χ1v) is 7.42. The maximum absolute atomic E-state index is 5.73. The number of rotatable bonds is 1. The molecular formula is C11H17NO4Si. The van der Waals surface area contributed by atoms with Gasteiger partial charge >= 0.3 is 8.80 Å². The molecule has 3 heterocycles. The number of allylic oxidation sites excluding steroid dienone is 1. The van der Waals surface area contributed by atoms with Gasteiger partial charge in [-0.2, -0.15) is 0 Å². The highest BCUT2D eigenvalue weighted by Gasteiger charge is 2.43. The number of hydrogen-bond donors (Lipinski definition) is 0. The zero-order valence-corrected chi connectivity index (χ0v) is 11.0. The maximum atomic E-state index is 5.73. The highest BCUT2D eigenvalue weighted by molar-refractivity contribution is 6.69. The van der Waals surface area contributed by atoms with Crippen LogP contribution in [0.5, 0.6) is 0 Å². The van der Waals surface area contributed by atoms with Gasteiger partial charge in [-0.1, -0.05) is 5.92 Å². The molecule has 5 nitrogen and oxygen atoms in total. The summed E-state index contributed by atoms with van der Waals surface area (Å²) in [4.78, 5) is 2.27. The number of nitrogens with zero attached hydrogens (tertiary/aromatic N) is 1. The fraction of sp³-hybridized carbons (Fsp3) is 0.636. The molecule has 0 N–H and O–H groups in total. The Morgan fingerprint density at radius 1 is 1.12 bits per heavy atom. The molecule has 2 bridgehead atoms. The first-order chi connectivity index (χ1) is 8.35. The van der Waals surface area contributed by atoms with Gasteiger partial charge in [-0.3, -0.25) is 4.90 Å². The minimum Gasteiger partial charge on any atom is -0.504 e. The summed E-state index contributed by atoms with van der Waals surface area (Å²) in [5.74, 6) is 2.86. The van der Waals surface area contributed by atoms with Crippen LogP contribution in [0.25, 0.3) is 0 Å². The van der Waals surface area contributed by atoms with E-state index in [0.717, 1.165) is 19.6 Å². The summed E-state index contributed by atoms with van der Waals surface area (Å²) in [6.45, 7) is 4.64. The van der Waals surface area contributed by atoms with E-state index in [2.05, 4.69) is 16.4 Å². The summed E-state index contributed by atoms with van der Waals surface area (Å²) in [6.07, 6.45) is 3.15. The van der Waals surface area contributed by atoms with Crippen molar-refractivity contribution in [2.75, 3.05) is 46.6 Å². The third-order valence-corrected chi connectivity index (χ3v) is 4.81. The third-order valence-electron chi connectivity index (χ3n) is 2.61. The second-order valence-electron chi connectivity index (χ2n) is 3.75. The zero-order valence-electron chi connectivity index (χ0n) is 9.98.